The Morgan fingerprint density at radius 1 is 1.08 bits per heavy atom. The van der Waals surface area contributed by atoms with Crippen LogP contribution in [-0.2, 0) is 14.8 Å². The molecule has 3 rings (SSSR count). The Morgan fingerprint density at radius 3 is 2.32 bits per heavy atom. The van der Waals surface area contributed by atoms with E-state index in [4.69, 9.17) is 4.74 Å². The van der Waals surface area contributed by atoms with E-state index >= 15 is 0 Å². The number of hydrogen-bond acceptors (Lipinski definition) is 7. The Balaban J connectivity index is 1.92. The van der Waals surface area contributed by atoms with Crippen molar-refractivity contribution in [2.75, 3.05) is 23.6 Å². The lowest BCUT2D eigenvalue weighted by Gasteiger charge is -2.38. The summed E-state index contributed by atoms with van der Waals surface area (Å²) in [5.41, 5.74) is 1.47. The van der Waals surface area contributed by atoms with Gasteiger partial charge in [0.1, 0.15) is 5.69 Å². The minimum absolute atomic E-state index is 0.0337. The van der Waals surface area contributed by atoms with Crippen molar-refractivity contribution in [2.24, 2.45) is 5.92 Å². The van der Waals surface area contributed by atoms with Gasteiger partial charge < -0.3 is 14.8 Å². The summed E-state index contributed by atoms with van der Waals surface area (Å²) >= 11 is 0. The first-order valence-corrected chi connectivity index (χ1v) is 14.0. The molecule has 0 unspecified atom stereocenters. The Kier molecular flexibility index (Phi) is 9.47. The molecule has 1 aliphatic rings. The van der Waals surface area contributed by atoms with Gasteiger partial charge in [-0.1, -0.05) is 32.0 Å². The molecule has 0 spiro atoms. The quantitative estimate of drug-likeness (QED) is 0.468. The van der Waals surface area contributed by atoms with Crippen LogP contribution in [0, 0.1) is 5.92 Å². The number of amides is 3. The van der Waals surface area contributed by atoms with Crippen LogP contribution >= 0.6 is 0 Å². The van der Waals surface area contributed by atoms with E-state index in [0.29, 0.717) is 31.4 Å². The molecule has 1 heterocycles. The standard InChI is InChI=1S/C25H32F2N4O6S/c1-15(2)18-7-5-6-8-20(18)31(17-11-9-16(10-12-17)22(32)30-38(4,34)35)25(33)28-19-13-14-21(36-3)29-23(19)37-24(26)27/h5-8,13-17,24H,9-12H2,1-4H3,(H,28,33)(H,30,32). The van der Waals surface area contributed by atoms with Crippen LogP contribution in [0.2, 0.25) is 0 Å². The van der Waals surface area contributed by atoms with E-state index in [1.165, 1.54) is 19.2 Å². The number of hydrogen-bond donors (Lipinski definition) is 2. The minimum Gasteiger partial charge on any atom is -0.481 e. The van der Waals surface area contributed by atoms with Crippen LogP contribution < -0.4 is 24.4 Å². The summed E-state index contributed by atoms with van der Waals surface area (Å²) < 4.78 is 60.5. The highest BCUT2D eigenvalue weighted by molar-refractivity contribution is 7.89. The average Bonchev–Trinajstić information content (AvgIpc) is 2.84. The number of benzene rings is 1. The number of alkyl halides is 2. The fourth-order valence-corrected chi connectivity index (χ4v) is 5.04. The summed E-state index contributed by atoms with van der Waals surface area (Å²) in [6.45, 7) is 0.809. The molecule has 0 saturated heterocycles. The van der Waals surface area contributed by atoms with Crippen LogP contribution in [-0.4, -0.2) is 51.4 Å². The number of nitrogens with one attached hydrogen (secondary N) is 2. The maximum absolute atomic E-state index is 13.7. The van der Waals surface area contributed by atoms with Gasteiger partial charge in [-0.2, -0.15) is 13.8 Å². The number of urea groups is 1. The first kappa shape index (κ1) is 29.1. The molecule has 1 aromatic heterocycles. The number of carbonyl (C=O) groups excluding carboxylic acids is 2. The zero-order valence-corrected chi connectivity index (χ0v) is 22.4. The number of pyridine rings is 1. The fourth-order valence-electron chi connectivity index (χ4n) is 4.51. The van der Waals surface area contributed by atoms with E-state index in [1.807, 2.05) is 30.7 Å². The minimum atomic E-state index is -3.68. The van der Waals surface area contributed by atoms with Gasteiger partial charge in [0.15, 0.2) is 0 Å². The SMILES string of the molecule is COc1ccc(NC(=O)N(c2ccccc2C(C)C)C2CCC(C(=O)NS(C)(=O)=O)CC2)c(OC(F)F)n1. The number of ether oxygens (including phenoxy) is 2. The molecule has 1 fully saturated rings. The molecule has 38 heavy (non-hydrogen) atoms. The molecule has 0 bridgehead atoms. The molecule has 3 amide bonds. The topological polar surface area (TPSA) is 127 Å². The van der Waals surface area contributed by atoms with Gasteiger partial charge in [-0.3, -0.25) is 14.4 Å². The monoisotopic (exact) mass is 554 g/mol. The largest absolute Gasteiger partial charge is 0.481 e. The molecule has 0 radical (unpaired) electrons. The van der Waals surface area contributed by atoms with E-state index in [-0.39, 0.29) is 23.5 Å². The molecular formula is C25H32F2N4O6S. The van der Waals surface area contributed by atoms with Crippen molar-refractivity contribution in [3.63, 3.8) is 0 Å². The average molecular weight is 555 g/mol. The first-order valence-electron chi connectivity index (χ1n) is 12.1. The predicted molar refractivity (Wildman–Crippen MR) is 138 cm³/mol. The summed E-state index contributed by atoms with van der Waals surface area (Å²) in [5, 5.41) is 2.65. The summed E-state index contributed by atoms with van der Waals surface area (Å²) in [6, 6.07) is 9.21. The van der Waals surface area contributed by atoms with Crippen LogP contribution in [0.5, 0.6) is 11.8 Å². The molecule has 10 nitrogen and oxygen atoms in total. The summed E-state index contributed by atoms with van der Waals surface area (Å²) in [6.07, 6.45) is 2.49. The summed E-state index contributed by atoms with van der Waals surface area (Å²) in [5.74, 6) is -1.47. The number of nitrogens with zero attached hydrogens (tertiary/aromatic N) is 2. The second-order valence-electron chi connectivity index (χ2n) is 9.34. The maximum atomic E-state index is 13.7. The number of carbonyl (C=O) groups is 2. The number of anilines is 2. The normalized spacial score (nSPS) is 17.7. The number of sulfonamides is 1. The zero-order chi connectivity index (χ0) is 28.0. The van der Waals surface area contributed by atoms with Gasteiger partial charge in [0.05, 0.1) is 13.4 Å². The molecule has 2 aromatic rings. The summed E-state index contributed by atoms with van der Waals surface area (Å²) in [4.78, 5) is 31.6. The van der Waals surface area contributed by atoms with Gasteiger partial charge >= 0.3 is 12.6 Å². The second-order valence-corrected chi connectivity index (χ2v) is 11.1. The van der Waals surface area contributed by atoms with Crippen molar-refractivity contribution < 1.29 is 36.3 Å². The molecule has 1 aromatic carbocycles. The molecule has 1 saturated carbocycles. The Labute approximate surface area is 220 Å². The molecule has 208 valence electrons. The van der Waals surface area contributed by atoms with E-state index in [0.717, 1.165) is 11.8 Å². The smallest absolute Gasteiger partial charge is 0.388 e. The number of aromatic nitrogens is 1. The molecular weight excluding hydrogens is 522 g/mol. The second kappa shape index (κ2) is 12.4. The molecule has 1 aliphatic carbocycles. The van der Waals surface area contributed by atoms with Crippen molar-refractivity contribution in [3.8, 4) is 11.8 Å². The third kappa shape index (κ3) is 7.53. The lowest BCUT2D eigenvalue weighted by molar-refractivity contribution is -0.124. The van der Waals surface area contributed by atoms with Crippen LogP contribution in [0.1, 0.15) is 51.0 Å². The van der Waals surface area contributed by atoms with E-state index in [2.05, 4.69) is 15.0 Å². The zero-order valence-electron chi connectivity index (χ0n) is 21.6. The molecule has 13 heteroatoms. The van der Waals surface area contributed by atoms with E-state index < -0.39 is 40.4 Å². The van der Waals surface area contributed by atoms with Crippen molar-refractivity contribution in [1.29, 1.82) is 0 Å². The van der Waals surface area contributed by atoms with Crippen molar-refractivity contribution in [2.45, 2.75) is 58.1 Å². The highest BCUT2D eigenvalue weighted by Crippen LogP contribution is 2.36. The third-order valence-corrected chi connectivity index (χ3v) is 6.81. The number of para-hydroxylation sites is 1. The van der Waals surface area contributed by atoms with E-state index in [9.17, 15) is 26.8 Å². The number of halogens is 2. The van der Waals surface area contributed by atoms with Gasteiger partial charge in [-0.25, -0.2) is 13.2 Å². The summed E-state index contributed by atoms with van der Waals surface area (Å²) in [7, 11) is -2.36. The van der Waals surface area contributed by atoms with Gasteiger partial charge in [0.25, 0.3) is 0 Å². The van der Waals surface area contributed by atoms with Crippen LogP contribution in [0.15, 0.2) is 36.4 Å². The predicted octanol–water partition coefficient (Wildman–Crippen LogP) is 4.49. The van der Waals surface area contributed by atoms with Gasteiger partial charge in [0, 0.05) is 23.7 Å². The third-order valence-electron chi connectivity index (χ3n) is 6.24. The Morgan fingerprint density at radius 2 is 1.74 bits per heavy atom. The number of methoxy groups -OCH3 is 1. The molecule has 0 aliphatic heterocycles. The highest BCUT2D eigenvalue weighted by Gasteiger charge is 2.34. The Bertz CT molecular complexity index is 1250. The van der Waals surface area contributed by atoms with E-state index in [1.54, 1.807) is 17.0 Å². The van der Waals surface area contributed by atoms with Crippen molar-refractivity contribution >= 4 is 33.3 Å². The van der Waals surface area contributed by atoms with Crippen LogP contribution in [0.25, 0.3) is 0 Å². The lowest BCUT2D eigenvalue weighted by atomic mass is 9.84. The van der Waals surface area contributed by atoms with Crippen LogP contribution in [0.4, 0.5) is 25.0 Å². The van der Waals surface area contributed by atoms with Gasteiger partial charge in [-0.15, -0.1) is 0 Å². The highest BCUT2D eigenvalue weighted by atomic mass is 32.2. The molecule has 2 N–H and O–H groups in total. The number of rotatable bonds is 9. The fraction of sp³-hybridized carbons (Fsp3) is 0.480. The van der Waals surface area contributed by atoms with Crippen LogP contribution in [0.3, 0.4) is 0 Å². The maximum Gasteiger partial charge on any atom is 0.388 e. The van der Waals surface area contributed by atoms with Crippen molar-refractivity contribution in [1.82, 2.24) is 9.71 Å². The first-order chi connectivity index (χ1) is 17.9. The Hall–Kier alpha value is -3.48. The van der Waals surface area contributed by atoms with Gasteiger partial charge in [0.2, 0.25) is 27.7 Å². The lowest BCUT2D eigenvalue weighted by Crippen LogP contribution is -2.47. The van der Waals surface area contributed by atoms with Crippen molar-refractivity contribution in [3.05, 3.63) is 42.0 Å². The van der Waals surface area contributed by atoms with Gasteiger partial charge in [-0.05, 0) is 49.3 Å². The molecule has 0 atom stereocenters.